The number of furan rings is 1. The maximum Gasteiger partial charge on any atom is 0.328 e. The summed E-state index contributed by atoms with van der Waals surface area (Å²) in [6.07, 6.45) is 2.89. The SMILES string of the molecule is Cc1ccnc(Sc2oc(C=C3C(=O)NC(=O)NC3=O)cc2Br)n1. The van der Waals surface area contributed by atoms with Crippen molar-refractivity contribution >= 4 is 51.6 Å². The van der Waals surface area contributed by atoms with Crippen LogP contribution in [0, 0.1) is 6.92 Å². The largest absolute Gasteiger partial charge is 0.449 e. The normalized spacial score (nSPS) is 14.4. The molecule has 0 aliphatic carbocycles. The van der Waals surface area contributed by atoms with E-state index in [4.69, 9.17) is 4.42 Å². The number of aromatic nitrogens is 2. The smallest absolute Gasteiger partial charge is 0.328 e. The van der Waals surface area contributed by atoms with Crippen molar-refractivity contribution in [1.82, 2.24) is 20.6 Å². The van der Waals surface area contributed by atoms with E-state index in [0.29, 0.717) is 14.7 Å². The molecule has 4 amide bonds. The lowest BCUT2D eigenvalue weighted by atomic mass is 10.1. The first-order chi connectivity index (χ1) is 11.4. The zero-order chi connectivity index (χ0) is 17.3. The second-order valence-corrected chi connectivity index (χ2v) is 6.46. The molecule has 0 bridgehead atoms. The highest BCUT2D eigenvalue weighted by atomic mass is 79.9. The second kappa shape index (κ2) is 6.57. The van der Waals surface area contributed by atoms with Gasteiger partial charge in [0.15, 0.2) is 10.2 Å². The number of carbonyl (C=O) groups is 3. The van der Waals surface area contributed by atoms with E-state index >= 15 is 0 Å². The minimum absolute atomic E-state index is 0.223. The summed E-state index contributed by atoms with van der Waals surface area (Å²) in [6, 6.07) is 2.52. The van der Waals surface area contributed by atoms with Gasteiger partial charge in [-0.05, 0) is 52.8 Å². The molecular weight excluding hydrogens is 400 g/mol. The summed E-state index contributed by atoms with van der Waals surface area (Å²) in [6.45, 7) is 1.85. The number of hydrogen-bond acceptors (Lipinski definition) is 7. The summed E-state index contributed by atoms with van der Waals surface area (Å²) in [5.41, 5.74) is 0.594. The molecule has 3 rings (SSSR count). The minimum Gasteiger partial charge on any atom is -0.449 e. The van der Waals surface area contributed by atoms with Gasteiger partial charge in [-0.1, -0.05) is 0 Å². The maximum atomic E-state index is 11.7. The Balaban J connectivity index is 1.86. The van der Waals surface area contributed by atoms with Crippen LogP contribution in [0.1, 0.15) is 11.5 Å². The highest BCUT2D eigenvalue weighted by Crippen LogP contribution is 2.35. The van der Waals surface area contributed by atoms with E-state index in [-0.39, 0.29) is 11.3 Å². The molecule has 2 N–H and O–H groups in total. The maximum absolute atomic E-state index is 11.7. The van der Waals surface area contributed by atoms with Crippen LogP contribution in [-0.2, 0) is 9.59 Å². The molecule has 2 aromatic heterocycles. The Morgan fingerprint density at radius 3 is 2.62 bits per heavy atom. The molecule has 1 aliphatic rings. The van der Waals surface area contributed by atoms with Gasteiger partial charge in [0.2, 0.25) is 0 Å². The monoisotopic (exact) mass is 408 g/mol. The lowest BCUT2D eigenvalue weighted by molar-refractivity contribution is -0.123. The van der Waals surface area contributed by atoms with Gasteiger partial charge in [-0.3, -0.25) is 20.2 Å². The fourth-order valence-corrected chi connectivity index (χ4v) is 3.13. The van der Waals surface area contributed by atoms with Crippen LogP contribution in [-0.4, -0.2) is 27.8 Å². The van der Waals surface area contributed by atoms with Gasteiger partial charge in [0.25, 0.3) is 11.8 Å². The van der Waals surface area contributed by atoms with Crippen LogP contribution in [0.15, 0.2) is 43.0 Å². The van der Waals surface area contributed by atoms with Crippen molar-refractivity contribution in [3.05, 3.63) is 39.8 Å². The quantitative estimate of drug-likeness (QED) is 0.453. The molecule has 0 aromatic carbocycles. The van der Waals surface area contributed by atoms with Crippen LogP contribution in [0.2, 0.25) is 0 Å². The number of hydrogen-bond donors (Lipinski definition) is 2. The number of amides is 4. The van der Waals surface area contributed by atoms with Gasteiger partial charge in [-0.2, -0.15) is 0 Å². The Bertz CT molecular complexity index is 871. The molecule has 1 fully saturated rings. The van der Waals surface area contributed by atoms with Crippen LogP contribution < -0.4 is 10.6 Å². The molecular formula is C14H9BrN4O4S. The molecule has 1 aliphatic heterocycles. The summed E-state index contributed by atoms with van der Waals surface area (Å²) >= 11 is 4.54. The van der Waals surface area contributed by atoms with E-state index in [9.17, 15) is 14.4 Å². The first-order valence-electron chi connectivity index (χ1n) is 6.57. The predicted molar refractivity (Wildman–Crippen MR) is 87.0 cm³/mol. The molecule has 24 heavy (non-hydrogen) atoms. The topological polar surface area (TPSA) is 114 Å². The minimum atomic E-state index is -0.851. The number of barbiturate groups is 1. The number of nitrogens with one attached hydrogen (secondary N) is 2. The Morgan fingerprint density at radius 1 is 1.25 bits per heavy atom. The lowest BCUT2D eigenvalue weighted by Gasteiger charge is -2.13. The Hall–Kier alpha value is -2.46. The summed E-state index contributed by atoms with van der Waals surface area (Å²) in [4.78, 5) is 42.8. The van der Waals surface area contributed by atoms with Crippen LogP contribution >= 0.6 is 27.7 Å². The number of rotatable bonds is 3. The van der Waals surface area contributed by atoms with E-state index in [1.807, 2.05) is 17.6 Å². The third-order valence-electron chi connectivity index (χ3n) is 2.86. The van der Waals surface area contributed by atoms with E-state index in [0.717, 1.165) is 5.69 Å². The Labute approximate surface area is 148 Å². The van der Waals surface area contributed by atoms with E-state index in [1.54, 1.807) is 18.3 Å². The first-order valence-corrected chi connectivity index (χ1v) is 8.18. The molecule has 0 spiro atoms. The second-order valence-electron chi connectivity index (χ2n) is 4.66. The van der Waals surface area contributed by atoms with Crippen LogP contribution in [0.5, 0.6) is 0 Å². The standard InChI is InChI=1S/C14H9BrN4O4S/c1-6-2-3-16-14(17-6)24-12-9(15)5-7(23-12)4-8-10(20)18-13(22)19-11(8)21/h2-5H,1H3,(H2,18,19,20,21,22). The lowest BCUT2D eigenvalue weighted by Crippen LogP contribution is -2.51. The zero-order valence-corrected chi connectivity index (χ0v) is 14.5. The summed E-state index contributed by atoms with van der Waals surface area (Å²) in [5, 5.41) is 4.96. The number of halogens is 1. The van der Waals surface area contributed by atoms with Crippen molar-refractivity contribution in [2.75, 3.05) is 0 Å². The summed E-state index contributed by atoms with van der Waals surface area (Å²) < 4.78 is 6.22. The van der Waals surface area contributed by atoms with Gasteiger partial charge in [-0.25, -0.2) is 14.8 Å². The Morgan fingerprint density at radius 2 is 1.96 bits per heavy atom. The molecule has 8 nitrogen and oxygen atoms in total. The zero-order valence-electron chi connectivity index (χ0n) is 12.1. The first kappa shape index (κ1) is 16.4. The molecule has 0 unspecified atom stereocenters. The third-order valence-corrected chi connectivity index (χ3v) is 4.58. The number of imide groups is 2. The molecule has 122 valence electrons. The van der Waals surface area contributed by atoms with Gasteiger partial charge < -0.3 is 4.42 Å². The molecule has 1 saturated heterocycles. The van der Waals surface area contributed by atoms with Gasteiger partial charge >= 0.3 is 6.03 Å². The fourth-order valence-electron chi connectivity index (χ4n) is 1.82. The van der Waals surface area contributed by atoms with Crippen molar-refractivity contribution in [2.24, 2.45) is 0 Å². The number of carbonyl (C=O) groups excluding carboxylic acids is 3. The number of urea groups is 1. The molecule has 10 heteroatoms. The molecule has 2 aromatic rings. The van der Waals surface area contributed by atoms with E-state index < -0.39 is 17.8 Å². The highest BCUT2D eigenvalue weighted by Gasteiger charge is 2.28. The summed E-state index contributed by atoms with van der Waals surface area (Å²) in [5.74, 6) is -1.30. The van der Waals surface area contributed by atoms with Gasteiger partial charge in [0, 0.05) is 11.9 Å². The van der Waals surface area contributed by atoms with Crippen LogP contribution in [0.4, 0.5) is 4.79 Å². The summed E-state index contributed by atoms with van der Waals surface area (Å²) in [7, 11) is 0. The van der Waals surface area contributed by atoms with Gasteiger partial charge in [0.1, 0.15) is 11.3 Å². The molecule has 3 heterocycles. The van der Waals surface area contributed by atoms with Gasteiger partial charge in [0.05, 0.1) is 4.47 Å². The van der Waals surface area contributed by atoms with E-state index in [1.165, 1.54) is 17.8 Å². The molecule has 0 saturated carbocycles. The highest BCUT2D eigenvalue weighted by molar-refractivity contribution is 9.10. The number of aryl methyl sites for hydroxylation is 1. The molecule has 0 radical (unpaired) electrons. The van der Waals surface area contributed by atoms with Crippen molar-refractivity contribution in [3.8, 4) is 0 Å². The average Bonchev–Trinajstić information content (AvgIpc) is 2.83. The Kier molecular flexibility index (Phi) is 4.49. The van der Waals surface area contributed by atoms with E-state index in [2.05, 4.69) is 25.9 Å². The van der Waals surface area contributed by atoms with Crippen LogP contribution in [0.3, 0.4) is 0 Å². The fraction of sp³-hybridized carbons (Fsp3) is 0.0714. The number of nitrogens with zero attached hydrogens (tertiary/aromatic N) is 2. The van der Waals surface area contributed by atoms with Crippen molar-refractivity contribution in [2.45, 2.75) is 17.2 Å². The van der Waals surface area contributed by atoms with Crippen molar-refractivity contribution in [3.63, 3.8) is 0 Å². The third kappa shape index (κ3) is 3.54. The van der Waals surface area contributed by atoms with Crippen LogP contribution in [0.25, 0.3) is 6.08 Å². The van der Waals surface area contributed by atoms with Crippen molar-refractivity contribution in [1.29, 1.82) is 0 Å². The van der Waals surface area contributed by atoms with Crippen molar-refractivity contribution < 1.29 is 18.8 Å². The van der Waals surface area contributed by atoms with Gasteiger partial charge in [-0.15, -0.1) is 0 Å². The average molecular weight is 409 g/mol. The molecule has 0 atom stereocenters. The predicted octanol–water partition coefficient (Wildman–Crippen LogP) is 2.04.